The molecule has 0 unspecified atom stereocenters. The van der Waals surface area contributed by atoms with Crippen molar-refractivity contribution in [3.05, 3.63) is 82.1 Å². The van der Waals surface area contributed by atoms with Gasteiger partial charge in [0.1, 0.15) is 12.6 Å². The van der Waals surface area contributed by atoms with Crippen LogP contribution in [0.1, 0.15) is 42.1 Å². The number of carbonyl (C=O) groups is 1. The average molecular weight is 479 g/mol. The molecule has 8 heteroatoms. The summed E-state index contributed by atoms with van der Waals surface area (Å²) >= 11 is 1.57. The predicted molar refractivity (Wildman–Crippen MR) is 134 cm³/mol. The Bertz CT molecular complexity index is 1190. The molecule has 0 radical (unpaired) electrons. The zero-order chi connectivity index (χ0) is 24.1. The van der Waals surface area contributed by atoms with Crippen LogP contribution in [-0.2, 0) is 26.4 Å². The number of methoxy groups -OCH3 is 1. The van der Waals surface area contributed by atoms with E-state index in [-0.39, 0.29) is 12.6 Å². The summed E-state index contributed by atoms with van der Waals surface area (Å²) in [4.78, 5) is 17.8. The Labute approximate surface area is 204 Å². The first-order chi connectivity index (χ1) is 16.5. The molecule has 0 aliphatic carbocycles. The Hall–Kier alpha value is -3.10. The molecule has 1 atom stereocenters. The van der Waals surface area contributed by atoms with Crippen molar-refractivity contribution in [1.82, 2.24) is 14.8 Å². The van der Waals surface area contributed by atoms with E-state index in [4.69, 9.17) is 19.6 Å². The number of thioether (sulfide) groups is 1. The van der Waals surface area contributed by atoms with Gasteiger partial charge in [0.25, 0.3) is 0 Å². The topological polar surface area (TPSA) is 78.3 Å². The molecule has 2 aromatic carbocycles. The standard InChI is InChI=1S/C26H30N4O3S/c1-5-19-9-11-21(12-10-19)23-22(24(31)33-14-13-32-4)18(3)27-25-28-26(29-30(23)25)34-16-20-8-6-7-17(2)15-20/h6-12,15,23H,5,13-14,16H2,1-4H3,(H,27,28,29)/t23-/m1/s1. The van der Waals surface area contributed by atoms with Gasteiger partial charge in [-0.2, -0.15) is 4.98 Å². The van der Waals surface area contributed by atoms with E-state index in [2.05, 4.69) is 67.7 Å². The number of nitrogens with zero attached hydrogens (tertiary/aromatic N) is 3. The van der Waals surface area contributed by atoms with E-state index in [0.717, 1.165) is 17.7 Å². The molecule has 34 heavy (non-hydrogen) atoms. The lowest BCUT2D eigenvalue weighted by Gasteiger charge is -2.28. The average Bonchev–Trinajstić information content (AvgIpc) is 3.24. The van der Waals surface area contributed by atoms with Gasteiger partial charge in [0.15, 0.2) is 0 Å². The summed E-state index contributed by atoms with van der Waals surface area (Å²) in [5, 5.41) is 8.70. The number of carbonyl (C=O) groups excluding carboxylic acids is 1. The van der Waals surface area contributed by atoms with Gasteiger partial charge in [-0.1, -0.05) is 72.8 Å². The molecule has 1 aliphatic rings. The Morgan fingerprint density at radius 1 is 1.12 bits per heavy atom. The van der Waals surface area contributed by atoms with Gasteiger partial charge in [-0.3, -0.25) is 0 Å². The van der Waals surface area contributed by atoms with E-state index in [1.54, 1.807) is 23.6 Å². The van der Waals surface area contributed by atoms with Crippen LogP contribution in [-0.4, -0.2) is 41.1 Å². The number of anilines is 1. The number of nitrogens with one attached hydrogen (secondary N) is 1. The summed E-state index contributed by atoms with van der Waals surface area (Å²) in [5.41, 5.74) is 5.86. The molecule has 1 N–H and O–H groups in total. The number of fused-ring (bicyclic) bond motifs is 1. The van der Waals surface area contributed by atoms with E-state index in [0.29, 0.717) is 29.0 Å². The minimum atomic E-state index is -0.432. The van der Waals surface area contributed by atoms with Crippen LogP contribution in [0, 0.1) is 6.92 Å². The third-order valence-electron chi connectivity index (χ3n) is 5.73. The van der Waals surface area contributed by atoms with Crippen molar-refractivity contribution >= 4 is 23.7 Å². The number of allylic oxidation sites excluding steroid dienone is 1. The fourth-order valence-corrected chi connectivity index (χ4v) is 4.72. The zero-order valence-electron chi connectivity index (χ0n) is 20.0. The van der Waals surface area contributed by atoms with Crippen molar-refractivity contribution < 1.29 is 14.3 Å². The SMILES string of the molecule is CCc1ccc([C@@H]2C(C(=O)OCCOC)=C(C)Nc3nc(SCc4cccc(C)c4)nn32)cc1. The van der Waals surface area contributed by atoms with Gasteiger partial charge in [0, 0.05) is 18.6 Å². The summed E-state index contributed by atoms with van der Waals surface area (Å²) in [5.74, 6) is 0.989. The maximum Gasteiger partial charge on any atom is 0.338 e. The summed E-state index contributed by atoms with van der Waals surface area (Å²) in [6.45, 7) is 6.61. The number of ether oxygens (including phenoxy) is 2. The molecule has 0 spiro atoms. The first-order valence-corrected chi connectivity index (χ1v) is 12.4. The number of aromatic nitrogens is 3. The lowest BCUT2D eigenvalue weighted by Crippen LogP contribution is -2.30. The molecule has 1 aliphatic heterocycles. The van der Waals surface area contributed by atoms with Crippen molar-refractivity contribution in [2.45, 2.75) is 44.1 Å². The molecule has 4 rings (SSSR count). The number of aryl methyl sites for hydroxylation is 2. The summed E-state index contributed by atoms with van der Waals surface area (Å²) in [6.07, 6.45) is 0.946. The Morgan fingerprint density at radius 2 is 1.91 bits per heavy atom. The van der Waals surface area contributed by atoms with Crippen molar-refractivity contribution in [3.8, 4) is 0 Å². The number of hydrogen-bond donors (Lipinski definition) is 1. The minimum Gasteiger partial charge on any atom is -0.460 e. The molecule has 1 aromatic heterocycles. The zero-order valence-corrected chi connectivity index (χ0v) is 20.8. The van der Waals surface area contributed by atoms with Crippen LogP contribution >= 0.6 is 11.8 Å². The van der Waals surface area contributed by atoms with Crippen LogP contribution in [0.2, 0.25) is 0 Å². The maximum atomic E-state index is 13.1. The largest absolute Gasteiger partial charge is 0.460 e. The van der Waals surface area contributed by atoms with Crippen molar-refractivity contribution in [2.24, 2.45) is 0 Å². The van der Waals surface area contributed by atoms with Crippen molar-refractivity contribution in [3.63, 3.8) is 0 Å². The van der Waals surface area contributed by atoms with Crippen LogP contribution in [0.3, 0.4) is 0 Å². The molecular weight excluding hydrogens is 448 g/mol. The number of rotatable bonds is 9. The second-order valence-corrected chi connectivity index (χ2v) is 9.17. The molecule has 0 fully saturated rings. The van der Waals surface area contributed by atoms with Gasteiger partial charge in [0.05, 0.1) is 12.2 Å². The third-order valence-corrected chi connectivity index (χ3v) is 6.64. The first-order valence-electron chi connectivity index (χ1n) is 11.4. The Kier molecular flexibility index (Phi) is 7.70. The Morgan fingerprint density at radius 3 is 2.62 bits per heavy atom. The molecule has 178 valence electrons. The summed E-state index contributed by atoms with van der Waals surface area (Å²) < 4.78 is 12.3. The van der Waals surface area contributed by atoms with E-state index in [9.17, 15) is 4.79 Å². The second-order valence-electron chi connectivity index (χ2n) is 8.23. The Balaban J connectivity index is 1.65. The molecule has 7 nitrogen and oxygen atoms in total. The predicted octanol–water partition coefficient (Wildman–Crippen LogP) is 4.92. The first kappa shape index (κ1) is 24.0. The molecule has 0 amide bonds. The summed E-state index contributed by atoms with van der Waals surface area (Å²) in [7, 11) is 1.58. The lowest BCUT2D eigenvalue weighted by molar-refractivity contribution is -0.140. The van der Waals surface area contributed by atoms with Crippen LogP contribution in [0.5, 0.6) is 0 Å². The number of hydrogen-bond acceptors (Lipinski definition) is 7. The molecule has 0 saturated carbocycles. The molecular formula is C26H30N4O3S. The fraction of sp³-hybridized carbons (Fsp3) is 0.346. The van der Waals surface area contributed by atoms with E-state index >= 15 is 0 Å². The van der Waals surface area contributed by atoms with Gasteiger partial charge in [0.2, 0.25) is 11.1 Å². The van der Waals surface area contributed by atoms with Crippen molar-refractivity contribution in [1.29, 1.82) is 0 Å². The lowest BCUT2D eigenvalue weighted by atomic mass is 9.95. The quantitative estimate of drug-likeness (QED) is 0.266. The number of benzene rings is 2. The number of esters is 1. The van der Waals surface area contributed by atoms with Crippen LogP contribution in [0.4, 0.5) is 5.95 Å². The molecule has 3 aromatic rings. The summed E-state index contributed by atoms with van der Waals surface area (Å²) in [6, 6.07) is 16.3. The van der Waals surface area contributed by atoms with Gasteiger partial charge in [-0.05, 0) is 37.0 Å². The van der Waals surface area contributed by atoms with Gasteiger partial charge in [-0.15, -0.1) is 5.10 Å². The van der Waals surface area contributed by atoms with Gasteiger partial charge < -0.3 is 14.8 Å². The smallest absolute Gasteiger partial charge is 0.338 e. The van der Waals surface area contributed by atoms with Crippen LogP contribution in [0.25, 0.3) is 0 Å². The highest BCUT2D eigenvalue weighted by Crippen LogP contribution is 2.37. The third kappa shape index (κ3) is 5.34. The van der Waals surface area contributed by atoms with E-state index in [1.807, 2.05) is 6.92 Å². The fourth-order valence-electron chi connectivity index (χ4n) is 3.95. The second kappa shape index (κ2) is 10.9. The maximum absolute atomic E-state index is 13.1. The monoisotopic (exact) mass is 478 g/mol. The van der Waals surface area contributed by atoms with Crippen LogP contribution < -0.4 is 5.32 Å². The van der Waals surface area contributed by atoms with Crippen molar-refractivity contribution in [2.75, 3.05) is 25.6 Å². The highest BCUT2D eigenvalue weighted by Gasteiger charge is 2.35. The highest BCUT2D eigenvalue weighted by molar-refractivity contribution is 7.98. The normalized spacial score (nSPS) is 15.1. The molecule has 2 heterocycles. The van der Waals surface area contributed by atoms with E-state index < -0.39 is 6.04 Å². The molecule has 0 saturated heterocycles. The minimum absolute atomic E-state index is 0.190. The highest BCUT2D eigenvalue weighted by atomic mass is 32.2. The van der Waals surface area contributed by atoms with Gasteiger partial charge in [-0.25, -0.2) is 9.48 Å². The van der Waals surface area contributed by atoms with Gasteiger partial charge >= 0.3 is 5.97 Å². The van der Waals surface area contributed by atoms with Crippen LogP contribution in [0.15, 0.2) is 65.0 Å². The molecule has 0 bridgehead atoms. The van der Waals surface area contributed by atoms with E-state index in [1.165, 1.54) is 16.7 Å².